The van der Waals surface area contributed by atoms with Crippen molar-refractivity contribution in [3.05, 3.63) is 64.2 Å². The summed E-state index contributed by atoms with van der Waals surface area (Å²) in [6.07, 6.45) is 3.79. The number of anilines is 2. The number of hydrogen-bond acceptors (Lipinski definition) is 8. The molecule has 3 amide bonds. The highest BCUT2D eigenvalue weighted by atomic mass is 32.1. The Morgan fingerprint density at radius 1 is 1.08 bits per heavy atom. The predicted octanol–water partition coefficient (Wildman–Crippen LogP) is 3.60. The number of nitrogens with two attached hydrogens (primary N) is 2. The molecule has 4 rings (SSSR count). The number of carbonyl (C=O) groups excluding carboxylic acids is 3. The molecule has 1 atom stereocenters. The Kier molecular flexibility index (Phi) is 8.16. The lowest BCUT2D eigenvalue weighted by atomic mass is 10.0. The SMILES string of the molecule is COc1ccc(C(C(=O)NC2CCCC2)N(C(=O)c2snc(C(N)=O)c2N)c2cccc(C)c2)cc1OC. The van der Waals surface area contributed by atoms with Crippen molar-refractivity contribution in [3.63, 3.8) is 0 Å². The fraction of sp³-hybridized carbons (Fsp3) is 0.333. The van der Waals surface area contributed by atoms with E-state index in [4.69, 9.17) is 20.9 Å². The monoisotopic (exact) mass is 537 g/mol. The average Bonchev–Trinajstić information content (AvgIpc) is 3.55. The lowest BCUT2D eigenvalue weighted by molar-refractivity contribution is -0.123. The van der Waals surface area contributed by atoms with Gasteiger partial charge in [-0.1, -0.05) is 31.0 Å². The molecule has 0 saturated heterocycles. The third kappa shape index (κ3) is 5.42. The van der Waals surface area contributed by atoms with Crippen LogP contribution >= 0.6 is 11.5 Å². The third-order valence-corrected chi connectivity index (χ3v) is 7.44. The van der Waals surface area contributed by atoms with Gasteiger partial charge in [0.05, 0.1) is 19.9 Å². The number of nitrogen functional groups attached to an aromatic ring is 1. The van der Waals surface area contributed by atoms with E-state index in [1.165, 1.54) is 19.1 Å². The van der Waals surface area contributed by atoms with E-state index in [9.17, 15) is 14.4 Å². The summed E-state index contributed by atoms with van der Waals surface area (Å²) in [5.74, 6) is -0.877. The van der Waals surface area contributed by atoms with E-state index >= 15 is 0 Å². The molecule has 1 aromatic heterocycles. The number of carbonyl (C=O) groups is 3. The van der Waals surface area contributed by atoms with Gasteiger partial charge in [0, 0.05) is 11.7 Å². The first kappa shape index (κ1) is 26.9. The number of aromatic nitrogens is 1. The number of rotatable bonds is 9. The predicted molar refractivity (Wildman–Crippen MR) is 146 cm³/mol. The fourth-order valence-electron chi connectivity index (χ4n) is 4.69. The van der Waals surface area contributed by atoms with Gasteiger partial charge in [0.2, 0.25) is 5.91 Å². The van der Waals surface area contributed by atoms with E-state index < -0.39 is 17.9 Å². The first-order valence-corrected chi connectivity index (χ1v) is 13.0. The van der Waals surface area contributed by atoms with Crippen LogP contribution in [0.3, 0.4) is 0 Å². The molecule has 0 radical (unpaired) electrons. The van der Waals surface area contributed by atoms with Crippen LogP contribution in [0.5, 0.6) is 11.5 Å². The Morgan fingerprint density at radius 3 is 2.39 bits per heavy atom. The van der Waals surface area contributed by atoms with E-state index in [0.717, 1.165) is 42.8 Å². The zero-order valence-corrected chi connectivity index (χ0v) is 22.3. The van der Waals surface area contributed by atoms with Crippen LogP contribution in [0, 0.1) is 6.92 Å². The van der Waals surface area contributed by atoms with E-state index in [1.807, 2.05) is 13.0 Å². The minimum atomic E-state index is -1.09. The fourth-order valence-corrected chi connectivity index (χ4v) is 5.43. The van der Waals surface area contributed by atoms with Gasteiger partial charge < -0.3 is 26.3 Å². The zero-order chi connectivity index (χ0) is 27.4. The number of ether oxygens (including phenoxy) is 2. The molecule has 38 heavy (non-hydrogen) atoms. The van der Waals surface area contributed by atoms with Gasteiger partial charge in [-0.2, -0.15) is 4.37 Å². The standard InChI is InChI=1S/C27H31N5O5S/c1-15-7-6-10-18(13-15)32(27(35)24-21(28)22(25(29)33)31-38-24)23(26(34)30-17-8-4-5-9-17)16-11-12-19(36-2)20(14-16)37-3/h6-7,10-14,17,23H,4-5,8-9,28H2,1-3H3,(H2,29,33)(H,30,34). The van der Waals surface area contributed by atoms with E-state index in [2.05, 4.69) is 9.69 Å². The molecule has 5 N–H and O–H groups in total. The van der Waals surface area contributed by atoms with Crippen LogP contribution in [0.4, 0.5) is 11.4 Å². The number of aryl methyl sites for hydroxylation is 1. The second kappa shape index (κ2) is 11.5. The van der Waals surface area contributed by atoms with Crippen LogP contribution < -0.4 is 31.2 Å². The molecule has 200 valence electrons. The summed E-state index contributed by atoms with van der Waals surface area (Å²) in [6, 6.07) is 11.3. The summed E-state index contributed by atoms with van der Waals surface area (Å²) in [6.45, 7) is 1.89. The van der Waals surface area contributed by atoms with Gasteiger partial charge in [0.15, 0.2) is 17.2 Å². The minimum Gasteiger partial charge on any atom is -0.493 e. The summed E-state index contributed by atoms with van der Waals surface area (Å²) in [5.41, 5.74) is 13.1. The highest BCUT2D eigenvalue weighted by molar-refractivity contribution is 7.09. The Hall–Kier alpha value is -4.12. The maximum absolute atomic E-state index is 14.2. The molecule has 1 heterocycles. The number of amides is 3. The van der Waals surface area contributed by atoms with Gasteiger partial charge in [-0.15, -0.1) is 0 Å². The molecule has 0 aliphatic heterocycles. The summed E-state index contributed by atoms with van der Waals surface area (Å²) in [4.78, 5) is 41.4. The van der Waals surface area contributed by atoms with Gasteiger partial charge in [0.1, 0.15) is 10.9 Å². The molecule has 0 bridgehead atoms. The summed E-state index contributed by atoms with van der Waals surface area (Å²) in [5, 5.41) is 3.13. The summed E-state index contributed by atoms with van der Waals surface area (Å²) in [7, 11) is 3.02. The van der Waals surface area contributed by atoms with Crippen molar-refractivity contribution in [2.75, 3.05) is 24.9 Å². The minimum absolute atomic E-state index is 0.00884. The normalized spacial score (nSPS) is 14.1. The maximum Gasteiger partial charge on any atom is 0.273 e. The van der Waals surface area contributed by atoms with Gasteiger partial charge >= 0.3 is 0 Å². The van der Waals surface area contributed by atoms with Crippen LogP contribution in [0.15, 0.2) is 42.5 Å². The Morgan fingerprint density at radius 2 is 1.79 bits per heavy atom. The molecular formula is C27H31N5O5S. The zero-order valence-electron chi connectivity index (χ0n) is 21.5. The molecule has 10 nitrogen and oxygen atoms in total. The molecule has 0 spiro atoms. The lowest BCUT2D eigenvalue weighted by Crippen LogP contribution is -2.46. The molecule has 11 heteroatoms. The number of nitrogens with one attached hydrogen (secondary N) is 1. The third-order valence-electron chi connectivity index (χ3n) is 6.59. The first-order valence-electron chi connectivity index (χ1n) is 12.2. The van der Waals surface area contributed by atoms with Crippen LogP contribution in [0.2, 0.25) is 0 Å². The van der Waals surface area contributed by atoms with Crippen molar-refractivity contribution < 1.29 is 23.9 Å². The van der Waals surface area contributed by atoms with Gasteiger partial charge in [-0.05, 0) is 66.7 Å². The molecule has 1 aliphatic rings. The second-order valence-electron chi connectivity index (χ2n) is 9.16. The maximum atomic E-state index is 14.2. The molecule has 1 saturated carbocycles. The number of primary amides is 1. The summed E-state index contributed by atoms with van der Waals surface area (Å²) < 4.78 is 14.9. The molecule has 1 unspecified atom stereocenters. The van der Waals surface area contributed by atoms with Crippen LogP contribution in [0.1, 0.15) is 63.0 Å². The van der Waals surface area contributed by atoms with E-state index in [1.54, 1.807) is 36.4 Å². The summed E-state index contributed by atoms with van der Waals surface area (Å²) >= 11 is 0.767. The van der Waals surface area contributed by atoms with Crippen molar-refractivity contribution in [1.29, 1.82) is 0 Å². The largest absolute Gasteiger partial charge is 0.493 e. The Balaban J connectivity index is 1.90. The highest BCUT2D eigenvalue weighted by Crippen LogP contribution is 2.37. The Labute approximate surface area is 225 Å². The van der Waals surface area contributed by atoms with Crippen molar-refractivity contribution in [2.45, 2.75) is 44.7 Å². The number of methoxy groups -OCH3 is 2. The number of hydrogen-bond donors (Lipinski definition) is 3. The van der Waals surface area contributed by atoms with E-state index in [-0.39, 0.29) is 28.2 Å². The molecule has 3 aromatic rings. The first-order chi connectivity index (χ1) is 18.2. The van der Waals surface area contributed by atoms with Gasteiger partial charge in [-0.3, -0.25) is 19.3 Å². The topological polar surface area (TPSA) is 150 Å². The van der Waals surface area contributed by atoms with E-state index in [0.29, 0.717) is 22.7 Å². The smallest absolute Gasteiger partial charge is 0.273 e. The lowest BCUT2D eigenvalue weighted by Gasteiger charge is -2.32. The number of benzene rings is 2. The van der Waals surface area contributed by atoms with Crippen molar-refractivity contribution in [2.24, 2.45) is 5.73 Å². The van der Waals surface area contributed by atoms with Gasteiger partial charge in [-0.25, -0.2) is 0 Å². The number of nitrogens with zero attached hydrogens (tertiary/aromatic N) is 2. The molecular weight excluding hydrogens is 506 g/mol. The van der Waals surface area contributed by atoms with Gasteiger partial charge in [0.25, 0.3) is 11.8 Å². The molecule has 2 aromatic carbocycles. The average molecular weight is 538 g/mol. The highest BCUT2D eigenvalue weighted by Gasteiger charge is 2.37. The van der Waals surface area contributed by atoms with Crippen molar-refractivity contribution in [3.8, 4) is 11.5 Å². The van der Waals surface area contributed by atoms with Crippen molar-refractivity contribution in [1.82, 2.24) is 9.69 Å². The quantitative estimate of drug-likeness (QED) is 0.377. The molecule has 1 aliphatic carbocycles. The van der Waals surface area contributed by atoms with Crippen LogP contribution in [-0.4, -0.2) is 42.4 Å². The van der Waals surface area contributed by atoms with Crippen molar-refractivity contribution >= 4 is 40.6 Å². The van der Waals surface area contributed by atoms with Crippen LogP contribution in [0.25, 0.3) is 0 Å². The molecule has 1 fully saturated rings. The van der Waals surface area contributed by atoms with Crippen LogP contribution in [-0.2, 0) is 4.79 Å². The second-order valence-corrected chi connectivity index (χ2v) is 9.93. The Bertz CT molecular complexity index is 1350.